The van der Waals surface area contributed by atoms with Crippen LogP contribution >= 0.6 is 0 Å². The number of carbonyl (C=O) groups is 2. The fourth-order valence-corrected chi connectivity index (χ4v) is 2.93. The average Bonchev–Trinajstić information content (AvgIpc) is 2.55. The van der Waals surface area contributed by atoms with Crippen molar-refractivity contribution >= 4 is 17.5 Å². The summed E-state index contributed by atoms with van der Waals surface area (Å²) in [5.41, 5.74) is 8.53. The molecule has 0 bridgehead atoms. The molecule has 0 saturated heterocycles. The summed E-state index contributed by atoms with van der Waals surface area (Å²) in [6.07, 6.45) is 0.546. The molecule has 0 aromatic heterocycles. The predicted octanol–water partition coefficient (Wildman–Crippen LogP) is 1.54. The number of benzene rings is 2. The molecule has 2 amide bonds. The van der Waals surface area contributed by atoms with E-state index in [1.54, 1.807) is 0 Å². The Hall–Kier alpha value is -2.66. The number of hydrogen-bond donors (Lipinski definition) is 2. The van der Waals surface area contributed by atoms with Crippen LogP contribution in [0.15, 0.2) is 54.6 Å². The van der Waals surface area contributed by atoms with Gasteiger partial charge < -0.3 is 11.1 Å². The molecular formula is C18H19N3O2. The highest BCUT2D eigenvalue weighted by atomic mass is 16.2. The van der Waals surface area contributed by atoms with Gasteiger partial charge in [-0.15, -0.1) is 0 Å². The lowest BCUT2D eigenvalue weighted by molar-refractivity contribution is -0.125. The van der Waals surface area contributed by atoms with E-state index in [1.165, 1.54) is 0 Å². The minimum atomic E-state index is -0.452. The van der Waals surface area contributed by atoms with E-state index in [-0.39, 0.29) is 12.5 Å². The van der Waals surface area contributed by atoms with E-state index in [9.17, 15) is 9.59 Å². The van der Waals surface area contributed by atoms with Crippen LogP contribution in [0.1, 0.15) is 11.1 Å². The second kappa shape index (κ2) is 6.62. The quantitative estimate of drug-likeness (QED) is 0.899. The molecule has 23 heavy (non-hydrogen) atoms. The normalized spacial score (nSPS) is 17.3. The molecule has 1 atom stereocenters. The molecule has 118 valence electrons. The lowest BCUT2D eigenvalue weighted by Crippen LogP contribution is -2.50. The highest BCUT2D eigenvalue weighted by Crippen LogP contribution is 2.23. The number of fused-ring (bicyclic) bond motifs is 1. The fraction of sp³-hybridized carbons (Fsp3) is 0.222. The van der Waals surface area contributed by atoms with Gasteiger partial charge in [0, 0.05) is 12.2 Å². The molecule has 3 rings (SSSR count). The van der Waals surface area contributed by atoms with Gasteiger partial charge in [-0.1, -0.05) is 42.5 Å². The summed E-state index contributed by atoms with van der Waals surface area (Å²) in [7, 11) is 0. The van der Waals surface area contributed by atoms with Crippen LogP contribution in [0.4, 0.5) is 5.69 Å². The standard InChI is InChI=1S/C18H19N3O2/c19-18(23)16-10-13-6-4-5-7-14(13)11-21(16)12-17(22)20-15-8-2-1-3-9-15/h1-9,16H,10-12H2,(H2,19,23)(H,20,22)/t16-/m1/s1. The Balaban J connectivity index is 1.72. The maximum absolute atomic E-state index is 12.3. The summed E-state index contributed by atoms with van der Waals surface area (Å²) in [4.78, 5) is 25.9. The van der Waals surface area contributed by atoms with E-state index in [0.717, 1.165) is 16.8 Å². The maximum Gasteiger partial charge on any atom is 0.238 e. The number of rotatable bonds is 4. The van der Waals surface area contributed by atoms with E-state index in [4.69, 9.17) is 5.73 Å². The first-order chi connectivity index (χ1) is 11.1. The molecule has 5 nitrogen and oxygen atoms in total. The van der Waals surface area contributed by atoms with Gasteiger partial charge in [0.15, 0.2) is 0 Å². The van der Waals surface area contributed by atoms with Crippen molar-refractivity contribution in [2.75, 3.05) is 11.9 Å². The predicted molar refractivity (Wildman–Crippen MR) is 88.6 cm³/mol. The van der Waals surface area contributed by atoms with E-state index in [0.29, 0.717) is 13.0 Å². The molecule has 3 N–H and O–H groups in total. The molecule has 1 aliphatic rings. The van der Waals surface area contributed by atoms with Gasteiger partial charge in [-0.05, 0) is 29.7 Å². The number of anilines is 1. The monoisotopic (exact) mass is 309 g/mol. The third-order valence-electron chi connectivity index (χ3n) is 4.08. The number of para-hydroxylation sites is 1. The first kappa shape index (κ1) is 15.2. The summed E-state index contributed by atoms with van der Waals surface area (Å²) in [5, 5.41) is 2.84. The van der Waals surface area contributed by atoms with Crippen molar-refractivity contribution in [3.8, 4) is 0 Å². The third-order valence-corrected chi connectivity index (χ3v) is 4.08. The summed E-state index contributed by atoms with van der Waals surface area (Å²) < 4.78 is 0. The highest BCUT2D eigenvalue weighted by molar-refractivity contribution is 5.92. The van der Waals surface area contributed by atoms with Crippen molar-refractivity contribution in [2.45, 2.75) is 19.0 Å². The van der Waals surface area contributed by atoms with Gasteiger partial charge in [-0.25, -0.2) is 0 Å². The lowest BCUT2D eigenvalue weighted by atomic mass is 9.93. The van der Waals surface area contributed by atoms with Gasteiger partial charge in [0.1, 0.15) is 0 Å². The molecule has 0 radical (unpaired) electrons. The van der Waals surface area contributed by atoms with Gasteiger partial charge >= 0.3 is 0 Å². The van der Waals surface area contributed by atoms with Crippen molar-refractivity contribution < 1.29 is 9.59 Å². The minimum absolute atomic E-state index is 0.136. The Labute approximate surface area is 135 Å². The van der Waals surface area contributed by atoms with Crippen molar-refractivity contribution in [1.29, 1.82) is 0 Å². The third kappa shape index (κ3) is 3.57. The summed E-state index contributed by atoms with van der Waals surface area (Å²) in [5.74, 6) is -0.547. The topological polar surface area (TPSA) is 75.4 Å². The first-order valence-electron chi connectivity index (χ1n) is 7.58. The second-order valence-electron chi connectivity index (χ2n) is 5.71. The van der Waals surface area contributed by atoms with E-state index >= 15 is 0 Å². The van der Waals surface area contributed by atoms with Gasteiger partial charge in [-0.3, -0.25) is 14.5 Å². The van der Waals surface area contributed by atoms with Crippen molar-refractivity contribution in [2.24, 2.45) is 5.73 Å². The van der Waals surface area contributed by atoms with Crippen LogP contribution in [0.3, 0.4) is 0 Å². The van der Waals surface area contributed by atoms with Crippen molar-refractivity contribution in [1.82, 2.24) is 4.90 Å². The molecule has 0 unspecified atom stereocenters. The molecular weight excluding hydrogens is 290 g/mol. The second-order valence-corrected chi connectivity index (χ2v) is 5.71. The van der Waals surface area contributed by atoms with E-state index < -0.39 is 11.9 Å². The van der Waals surface area contributed by atoms with Gasteiger partial charge in [0.25, 0.3) is 0 Å². The largest absolute Gasteiger partial charge is 0.368 e. The lowest BCUT2D eigenvalue weighted by Gasteiger charge is -2.34. The van der Waals surface area contributed by atoms with Crippen LogP contribution < -0.4 is 11.1 Å². The number of amides is 2. The Bertz CT molecular complexity index is 715. The zero-order chi connectivity index (χ0) is 16.2. The SMILES string of the molecule is NC(=O)[C@H]1Cc2ccccc2CN1CC(=O)Nc1ccccc1. The highest BCUT2D eigenvalue weighted by Gasteiger charge is 2.31. The Morgan fingerprint density at radius 1 is 1.04 bits per heavy atom. The number of nitrogens with one attached hydrogen (secondary N) is 1. The summed E-state index contributed by atoms with van der Waals surface area (Å²) in [6, 6.07) is 16.8. The van der Waals surface area contributed by atoms with Crippen LogP contribution in [-0.4, -0.2) is 29.3 Å². The number of nitrogens with zero attached hydrogens (tertiary/aromatic N) is 1. The fourth-order valence-electron chi connectivity index (χ4n) is 2.93. The minimum Gasteiger partial charge on any atom is -0.368 e. The number of primary amides is 1. The molecule has 1 aliphatic heterocycles. The molecule has 2 aromatic carbocycles. The molecule has 0 fully saturated rings. The van der Waals surface area contributed by atoms with Crippen LogP contribution in [0.2, 0.25) is 0 Å². The Morgan fingerprint density at radius 2 is 1.70 bits per heavy atom. The number of hydrogen-bond acceptors (Lipinski definition) is 3. The zero-order valence-electron chi connectivity index (χ0n) is 12.7. The first-order valence-corrected chi connectivity index (χ1v) is 7.58. The van der Waals surface area contributed by atoms with E-state index in [2.05, 4.69) is 5.32 Å². The molecule has 2 aromatic rings. The van der Waals surface area contributed by atoms with Crippen LogP contribution in [-0.2, 0) is 22.6 Å². The molecule has 0 spiro atoms. The number of nitrogens with two attached hydrogens (primary N) is 1. The summed E-state index contributed by atoms with van der Waals surface area (Å²) in [6.45, 7) is 0.683. The van der Waals surface area contributed by atoms with Crippen molar-refractivity contribution in [3.05, 3.63) is 65.7 Å². The maximum atomic E-state index is 12.3. The molecule has 5 heteroatoms. The Morgan fingerprint density at radius 3 is 2.39 bits per heavy atom. The van der Waals surface area contributed by atoms with Gasteiger partial charge in [-0.2, -0.15) is 0 Å². The average molecular weight is 309 g/mol. The molecule has 0 saturated carbocycles. The molecule has 0 aliphatic carbocycles. The molecule has 1 heterocycles. The van der Waals surface area contributed by atoms with E-state index in [1.807, 2.05) is 59.5 Å². The smallest absolute Gasteiger partial charge is 0.238 e. The van der Waals surface area contributed by atoms with Crippen molar-refractivity contribution in [3.63, 3.8) is 0 Å². The van der Waals surface area contributed by atoms with Gasteiger partial charge in [0.2, 0.25) is 11.8 Å². The number of carbonyl (C=O) groups excluding carboxylic acids is 2. The van der Waals surface area contributed by atoms with Gasteiger partial charge in [0.05, 0.1) is 12.6 Å². The van der Waals surface area contributed by atoms with Crippen LogP contribution in [0.25, 0.3) is 0 Å². The zero-order valence-corrected chi connectivity index (χ0v) is 12.7. The Kier molecular flexibility index (Phi) is 4.39. The van der Waals surface area contributed by atoms with Crippen LogP contribution in [0, 0.1) is 0 Å². The summed E-state index contributed by atoms with van der Waals surface area (Å²) >= 11 is 0. The van der Waals surface area contributed by atoms with Crippen LogP contribution in [0.5, 0.6) is 0 Å².